The van der Waals surface area contributed by atoms with Crippen molar-refractivity contribution in [2.24, 2.45) is 5.41 Å². The van der Waals surface area contributed by atoms with Crippen LogP contribution in [0.5, 0.6) is 0 Å². The van der Waals surface area contributed by atoms with Crippen LogP contribution in [0.3, 0.4) is 0 Å². The van der Waals surface area contributed by atoms with Crippen molar-refractivity contribution in [2.45, 2.75) is 45.6 Å². The third kappa shape index (κ3) is 2.41. The number of hydrogen-bond donors (Lipinski definition) is 1. The Labute approximate surface area is 110 Å². The standard InChI is InChI=1S/C13H18BrNO2/c1-13(2)6-4-3-5-11(13)15-8-9(14)7-10(15)12(16)17/h7-8,11H,3-6H2,1-2H3,(H,16,17). The second kappa shape index (κ2) is 4.48. The second-order valence-corrected chi connectivity index (χ2v) is 6.42. The number of halogens is 1. The summed E-state index contributed by atoms with van der Waals surface area (Å²) in [5.41, 5.74) is 0.554. The molecule has 1 aliphatic rings. The number of aromatic nitrogens is 1. The van der Waals surface area contributed by atoms with Crippen molar-refractivity contribution in [3.05, 3.63) is 22.4 Å². The number of carboxylic acids is 1. The summed E-state index contributed by atoms with van der Waals surface area (Å²) in [6.45, 7) is 4.47. The molecule has 0 aliphatic heterocycles. The van der Waals surface area contributed by atoms with Gasteiger partial charge in [0.2, 0.25) is 0 Å². The Morgan fingerprint density at radius 3 is 2.82 bits per heavy atom. The Morgan fingerprint density at radius 2 is 2.24 bits per heavy atom. The van der Waals surface area contributed by atoms with Crippen molar-refractivity contribution in [1.29, 1.82) is 0 Å². The fourth-order valence-electron chi connectivity index (χ4n) is 2.87. The highest BCUT2D eigenvalue weighted by Gasteiger charge is 2.35. The number of aromatic carboxylic acids is 1. The fourth-order valence-corrected chi connectivity index (χ4v) is 3.30. The molecule has 3 nitrogen and oxygen atoms in total. The van der Waals surface area contributed by atoms with Gasteiger partial charge in [0.15, 0.2) is 0 Å². The van der Waals surface area contributed by atoms with Crippen LogP contribution in [-0.4, -0.2) is 15.6 Å². The molecule has 0 radical (unpaired) electrons. The van der Waals surface area contributed by atoms with E-state index in [1.165, 1.54) is 12.8 Å². The first-order chi connectivity index (χ1) is 7.92. The summed E-state index contributed by atoms with van der Waals surface area (Å²) >= 11 is 3.37. The van der Waals surface area contributed by atoms with Crippen molar-refractivity contribution >= 4 is 21.9 Å². The third-order valence-electron chi connectivity index (χ3n) is 3.82. The summed E-state index contributed by atoms with van der Waals surface area (Å²) in [7, 11) is 0. The Hall–Kier alpha value is -0.770. The van der Waals surface area contributed by atoms with Gasteiger partial charge in [-0.2, -0.15) is 0 Å². The van der Waals surface area contributed by atoms with Gasteiger partial charge >= 0.3 is 5.97 Å². The average molecular weight is 300 g/mol. The molecule has 0 amide bonds. The first-order valence-corrected chi connectivity index (χ1v) is 6.82. The number of carboxylic acid groups (broad SMARTS) is 1. The van der Waals surface area contributed by atoms with Crippen LogP contribution in [-0.2, 0) is 0 Å². The highest BCUT2D eigenvalue weighted by molar-refractivity contribution is 9.10. The number of carbonyl (C=O) groups is 1. The predicted octanol–water partition coefficient (Wildman–Crippen LogP) is 4.09. The lowest BCUT2D eigenvalue weighted by molar-refractivity contribution is 0.0666. The van der Waals surface area contributed by atoms with Crippen LogP contribution < -0.4 is 0 Å². The Balaban J connectivity index is 2.41. The van der Waals surface area contributed by atoms with E-state index in [4.69, 9.17) is 0 Å². The van der Waals surface area contributed by atoms with Gasteiger partial charge in [-0.1, -0.05) is 26.7 Å². The molecular weight excluding hydrogens is 282 g/mol. The first kappa shape index (κ1) is 12.7. The van der Waals surface area contributed by atoms with Crippen molar-refractivity contribution in [1.82, 2.24) is 4.57 Å². The Kier molecular flexibility index (Phi) is 3.34. The maximum absolute atomic E-state index is 11.2. The lowest BCUT2D eigenvalue weighted by Crippen LogP contribution is -2.31. The molecule has 17 heavy (non-hydrogen) atoms. The Morgan fingerprint density at radius 1 is 1.53 bits per heavy atom. The minimum Gasteiger partial charge on any atom is -0.477 e. The van der Waals surface area contributed by atoms with Gasteiger partial charge < -0.3 is 9.67 Å². The average Bonchev–Trinajstić information content (AvgIpc) is 2.59. The van der Waals surface area contributed by atoms with Crippen molar-refractivity contribution < 1.29 is 9.90 Å². The van der Waals surface area contributed by atoms with Crippen molar-refractivity contribution in [3.8, 4) is 0 Å². The summed E-state index contributed by atoms with van der Waals surface area (Å²) in [5, 5.41) is 9.24. The van der Waals surface area contributed by atoms with Gasteiger partial charge in [-0.05, 0) is 40.3 Å². The van der Waals surface area contributed by atoms with Gasteiger partial charge in [0, 0.05) is 16.7 Å². The SMILES string of the molecule is CC1(C)CCCCC1n1cc(Br)cc1C(=O)O. The van der Waals surface area contributed by atoms with Crippen LogP contribution in [0.1, 0.15) is 56.1 Å². The number of hydrogen-bond acceptors (Lipinski definition) is 1. The van der Waals surface area contributed by atoms with E-state index in [1.807, 2.05) is 10.8 Å². The first-order valence-electron chi connectivity index (χ1n) is 6.02. The summed E-state index contributed by atoms with van der Waals surface area (Å²) in [4.78, 5) is 11.2. The van der Waals surface area contributed by atoms with Crippen LogP contribution in [0, 0.1) is 5.41 Å². The largest absolute Gasteiger partial charge is 0.477 e. The molecule has 0 bridgehead atoms. The molecule has 1 saturated carbocycles. The predicted molar refractivity (Wildman–Crippen MR) is 70.4 cm³/mol. The highest BCUT2D eigenvalue weighted by Crippen LogP contribution is 2.44. The lowest BCUT2D eigenvalue weighted by Gasteiger charge is -2.40. The van der Waals surface area contributed by atoms with Gasteiger partial charge in [-0.3, -0.25) is 0 Å². The molecule has 1 aliphatic carbocycles. The second-order valence-electron chi connectivity index (χ2n) is 5.51. The van der Waals surface area contributed by atoms with E-state index >= 15 is 0 Å². The summed E-state index contributed by atoms with van der Waals surface area (Å²) in [6.07, 6.45) is 6.55. The van der Waals surface area contributed by atoms with Crippen LogP contribution in [0.15, 0.2) is 16.7 Å². The molecule has 1 atom stereocenters. The molecule has 0 spiro atoms. The zero-order valence-electron chi connectivity index (χ0n) is 10.2. The van der Waals surface area contributed by atoms with Crippen LogP contribution >= 0.6 is 15.9 Å². The minimum absolute atomic E-state index is 0.168. The normalized spacial score (nSPS) is 23.6. The third-order valence-corrected chi connectivity index (χ3v) is 4.25. The van der Waals surface area contributed by atoms with E-state index in [2.05, 4.69) is 29.8 Å². The summed E-state index contributed by atoms with van der Waals surface area (Å²) in [6, 6.07) is 1.97. The van der Waals surface area contributed by atoms with Crippen LogP contribution in [0.25, 0.3) is 0 Å². The van der Waals surface area contributed by atoms with E-state index in [9.17, 15) is 9.90 Å². The molecular formula is C13H18BrNO2. The maximum atomic E-state index is 11.2. The molecule has 1 aromatic heterocycles. The van der Waals surface area contributed by atoms with Gasteiger partial charge in [0.05, 0.1) is 0 Å². The lowest BCUT2D eigenvalue weighted by atomic mass is 9.73. The van der Waals surface area contributed by atoms with E-state index in [0.717, 1.165) is 17.3 Å². The van der Waals surface area contributed by atoms with Crippen LogP contribution in [0.2, 0.25) is 0 Å². The quantitative estimate of drug-likeness (QED) is 0.894. The van der Waals surface area contributed by atoms with E-state index in [1.54, 1.807) is 6.07 Å². The van der Waals surface area contributed by atoms with Crippen molar-refractivity contribution in [3.63, 3.8) is 0 Å². The maximum Gasteiger partial charge on any atom is 0.352 e. The Bertz CT molecular complexity index is 437. The molecule has 1 heterocycles. The molecule has 1 aromatic rings. The van der Waals surface area contributed by atoms with Crippen LogP contribution in [0.4, 0.5) is 0 Å². The monoisotopic (exact) mass is 299 g/mol. The molecule has 0 aromatic carbocycles. The highest BCUT2D eigenvalue weighted by atomic mass is 79.9. The fraction of sp³-hybridized carbons (Fsp3) is 0.615. The molecule has 1 N–H and O–H groups in total. The molecule has 94 valence electrons. The zero-order chi connectivity index (χ0) is 12.6. The molecule has 0 saturated heterocycles. The van der Waals surface area contributed by atoms with Gasteiger partial charge in [0.1, 0.15) is 5.69 Å². The number of nitrogens with zero attached hydrogens (tertiary/aromatic N) is 1. The molecule has 1 fully saturated rings. The molecule has 4 heteroatoms. The zero-order valence-corrected chi connectivity index (χ0v) is 11.8. The molecule has 2 rings (SSSR count). The smallest absolute Gasteiger partial charge is 0.352 e. The minimum atomic E-state index is -0.850. The van der Waals surface area contributed by atoms with E-state index in [0.29, 0.717) is 5.69 Å². The van der Waals surface area contributed by atoms with E-state index < -0.39 is 5.97 Å². The number of rotatable bonds is 2. The summed E-state index contributed by atoms with van der Waals surface area (Å²) < 4.78 is 2.78. The van der Waals surface area contributed by atoms with Gasteiger partial charge in [-0.25, -0.2) is 4.79 Å². The summed E-state index contributed by atoms with van der Waals surface area (Å²) in [5.74, 6) is -0.850. The van der Waals surface area contributed by atoms with Gasteiger partial charge in [0.25, 0.3) is 0 Å². The van der Waals surface area contributed by atoms with Gasteiger partial charge in [-0.15, -0.1) is 0 Å². The topological polar surface area (TPSA) is 42.2 Å². The van der Waals surface area contributed by atoms with Crippen molar-refractivity contribution in [2.75, 3.05) is 0 Å². The molecule has 1 unspecified atom stereocenters. The van der Waals surface area contributed by atoms with E-state index in [-0.39, 0.29) is 11.5 Å².